The van der Waals surface area contributed by atoms with E-state index in [-0.39, 0.29) is 23.6 Å². The highest BCUT2D eigenvalue weighted by atomic mass is 19.1. The summed E-state index contributed by atoms with van der Waals surface area (Å²) in [4.78, 5) is 12.7. The van der Waals surface area contributed by atoms with Crippen molar-refractivity contribution in [3.8, 4) is 0 Å². The van der Waals surface area contributed by atoms with Gasteiger partial charge in [-0.05, 0) is 76.7 Å². The van der Waals surface area contributed by atoms with Crippen LogP contribution in [0.2, 0.25) is 0 Å². The molecule has 0 radical (unpaired) electrons. The standard InChI is InChI=1S/C31H31FN4/c1-6-7-26(20(3)19(2)21-10-12-25(33)13-11-21)24-14-27-28(18-36-31(27)29(32)15-24)22-8-9-23(17-34-4)30(16-22)35-5/h6-20,28H,1,5,33H2,2-4H3/b26-7+,34-17-. The average Bonchev–Trinajstić information content (AvgIpc) is 3.32. The number of rotatable bonds is 8. The molecule has 1 aliphatic heterocycles. The molecule has 182 valence electrons. The summed E-state index contributed by atoms with van der Waals surface area (Å²) in [6, 6.07) is 17.5. The summed E-state index contributed by atoms with van der Waals surface area (Å²) in [5.74, 6) is -0.221. The van der Waals surface area contributed by atoms with Crippen molar-refractivity contribution in [1.29, 1.82) is 0 Å². The first-order valence-corrected chi connectivity index (χ1v) is 12.0. The molecule has 0 saturated heterocycles. The first kappa shape index (κ1) is 25.0. The van der Waals surface area contributed by atoms with E-state index in [0.717, 1.165) is 39.2 Å². The van der Waals surface area contributed by atoms with Crippen LogP contribution in [0.4, 0.5) is 21.5 Å². The lowest BCUT2D eigenvalue weighted by atomic mass is 9.79. The first-order valence-electron chi connectivity index (χ1n) is 12.0. The molecule has 4 nitrogen and oxygen atoms in total. The predicted molar refractivity (Wildman–Crippen MR) is 152 cm³/mol. The van der Waals surface area contributed by atoms with Gasteiger partial charge < -0.3 is 5.73 Å². The lowest BCUT2D eigenvalue weighted by Crippen LogP contribution is -2.10. The van der Waals surface area contributed by atoms with Crippen LogP contribution in [0.15, 0.2) is 88.3 Å². The van der Waals surface area contributed by atoms with E-state index in [1.807, 2.05) is 48.5 Å². The molecule has 1 heterocycles. The summed E-state index contributed by atoms with van der Waals surface area (Å²) >= 11 is 0. The Kier molecular flexibility index (Phi) is 7.39. The molecule has 0 saturated carbocycles. The van der Waals surface area contributed by atoms with E-state index in [0.29, 0.717) is 5.69 Å². The van der Waals surface area contributed by atoms with Crippen LogP contribution in [0.25, 0.3) is 5.57 Å². The first-order chi connectivity index (χ1) is 17.4. The zero-order valence-electron chi connectivity index (χ0n) is 20.9. The number of hydrogen-bond donors (Lipinski definition) is 1. The normalized spacial score (nSPS) is 16.7. The van der Waals surface area contributed by atoms with E-state index < -0.39 is 0 Å². The number of anilines is 1. The second kappa shape index (κ2) is 10.6. The van der Waals surface area contributed by atoms with Gasteiger partial charge in [-0.15, -0.1) is 0 Å². The van der Waals surface area contributed by atoms with Crippen LogP contribution >= 0.6 is 0 Å². The molecule has 3 aromatic carbocycles. The van der Waals surface area contributed by atoms with Crippen molar-refractivity contribution in [3.63, 3.8) is 0 Å². The predicted octanol–water partition coefficient (Wildman–Crippen LogP) is 7.65. The largest absolute Gasteiger partial charge is 0.399 e. The van der Waals surface area contributed by atoms with Gasteiger partial charge in [0.2, 0.25) is 0 Å². The van der Waals surface area contributed by atoms with Crippen LogP contribution in [-0.2, 0) is 0 Å². The summed E-state index contributed by atoms with van der Waals surface area (Å²) in [6.07, 6.45) is 7.28. The highest BCUT2D eigenvalue weighted by molar-refractivity contribution is 5.90. The maximum Gasteiger partial charge on any atom is 0.149 e. The van der Waals surface area contributed by atoms with Crippen LogP contribution in [-0.4, -0.2) is 26.2 Å². The average molecular weight is 479 g/mol. The molecule has 0 aliphatic carbocycles. The summed E-state index contributed by atoms with van der Waals surface area (Å²) < 4.78 is 15.4. The van der Waals surface area contributed by atoms with Crippen molar-refractivity contribution in [2.45, 2.75) is 25.7 Å². The number of allylic oxidation sites excluding steroid dienone is 3. The molecule has 0 aromatic heterocycles. The Labute approximate surface area is 212 Å². The van der Waals surface area contributed by atoms with Crippen LogP contribution in [0.1, 0.15) is 53.5 Å². The SMILES string of the molecule is C=C/C=C(/c1cc(F)c2c(c1)C(c1ccc(/C=N\C)c(N=C)c1)C=N2)C(C)C(C)c1ccc(N)cc1. The van der Waals surface area contributed by atoms with Crippen molar-refractivity contribution < 1.29 is 4.39 Å². The molecule has 0 fully saturated rings. The Morgan fingerprint density at radius 3 is 2.53 bits per heavy atom. The fraction of sp³-hybridized carbons (Fsp3) is 0.194. The van der Waals surface area contributed by atoms with E-state index in [4.69, 9.17) is 5.73 Å². The third-order valence-electron chi connectivity index (χ3n) is 6.97. The van der Waals surface area contributed by atoms with Crippen LogP contribution in [0, 0.1) is 11.7 Å². The van der Waals surface area contributed by atoms with Crippen molar-refractivity contribution in [2.75, 3.05) is 12.8 Å². The second-order valence-corrected chi connectivity index (χ2v) is 9.12. The summed E-state index contributed by atoms with van der Waals surface area (Å²) in [5.41, 5.74) is 13.4. The molecule has 4 rings (SSSR count). The van der Waals surface area contributed by atoms with E-state index >= 15 is 4.39 Å². The molecule has 2 N–H and O–H groups in total. The van der Waals surface area contributed by atoms with Crippen LogP contribution in [0.3, 0.4) is 0 Å². The maximum atomic E-state index is 15.4. The number of nitrogens with two attached hydrogens (primary N) is 1. The third kappa shape index (κ3) is 4.82. The minimum absolute atomic E-state index is 0.106. The Morgan fingerprint density at radius 1 is 1.11 bits per heavy atom. The number of halogens is 1. The van der Waals surface area contributed by atoms with E-state index in [9.17, 15) is 0 Å². The van der Waals surface area contributed by atoms with Crippen molar-refractivity contribution in [2.24, 2.45) is 20.9 Å². The van der Waals surface area contributed by atoms with Crippen molar-refractivity contribution in [1.82, 2.24) is 0 Å². The van der Waals surface area contributed by atoms with Gasteiger partial charge in [0.25, 0.3) is 0 Å². The summed E-state index contributed by atoms with van der Waals surface area (Å²) in [5, 5.41) is 0. The minimum atomic E-state index is -0.333. The molecule has 36 heavy (non-hydrogen) atoms. The monoisotopic (exact) mass is 478 g/mol. The highest BCUT2D eigenvalue weighted by Crippen LogP contribution is 2.43. The Morgan fingerprint density at radius 2 is 1.86 bits per heavy atom. The summed E-state index contributed by atoms with van der Waals surface area (Å²) in [6.45, 7) is 11.9. The van der Waals surface area contributed by atoms with Crippen molar-refractivity contribution in [3.05, 3.63) is 107 Å². The second-order valence-electron chi connectivity index (χ2n) is 9.12. The number of hydrogen-bond acceptors (Lipinski definition) is 4. The van der Waals surface area contributed by atoms with Crippen LogP contribution < -0.4 is 5.73 Å². The lowest BCUT2D eigenvalue weighted by molar-refractivity contribution is 0.604. The topological polar surface area (TPSA) is 63.1 Å². The highest BCUT2D eigenvalue weighted by Gasteiger charge is 2.27. The van der Waals surface area contributed by atoms with Gasteiger partial charge in [0.15, 0.2) is 0 Å². The van der Waals surface area contributed by atoms with E-state index in [1.165, 1.54) is 5.56 Å². The number of nitrogens with zero attached hydrogens (tertiary/aromatic N) is 3. The Hall–Kier alpha value is -4.12. The number of fused-ring (bicyclic) bond motifs is 1. The van der Waals surface area contributed by atoms with Crippen molar-refractivity contribution >= 4 is 41.8 Å². The number of benzene rings is 3. The van der Waals surface area contributed by atoms with E-state index in [2.05, 4.69) is 48.2 Å². The molecule has 3 aromatic rings. The summed E-state index contributed by atoms with van der Waals surface area (Å²) in [7, 11) is 1.72. The fourth-order valence-corrected chi connectivity index (χ4v) is 4.79. The van der Waals surface area contributed by atoms with Gasteiger partial charge in [0.1, 0.15) is 11.5 Å². The third-order valence-corrected chi connectivity index (χ3v) is 6.97. The fourth-order valence-electron chi connectivity index (χ4n) is 4.79. The number of aliphatic imine (C=N–C) groups is 3. The zero-order chi connectivity index (χ0) is 25.8. The molecule has 0 bridgehead atoms. The molecule has 3 atom stereocenters. The quantitative estimate of drug-likeness (QED) is 0.202. The van der Waals surface area contributed by atoms with Gasteiger partial charge in [-0.1, -0.05) is 56.8 Å². The number of nitrogen functional groups attached to an aromatic ring is 1. The van der Waals surface area contributed by atoms with Gasteiger partial charge in [-0.25, -0.2) is 4.39 Å². The molecule has 1 aliphatic rings. The molecule has 5 heteroatoms. The van der Waals surface area contributed by atoms with E-state index in [1.54, 1.807) is 31.6 Å². The smallest absolute Gasteiger partial charge is 0.149 e. The van der Waals surface area contributed by atoms with Gasteiger partial charge >= 0.3 is 0 Å². The molecular weight excluding hydrogens is 447 g/mol. The minimum Gasteiger partial charge on any atom is -0.399 e. The van der Waals surface area contributed by atoms with Gasteiger partial charge in [-0.2, -0.15) is 0 Å². The lowest BCUT2D eigenvalue weighted by Gasteiger charge is -2.25. The molecular formula is C31H31FN4. The maximum absolute atomic E-state index is 15.4. The Bertz CT molecular complexity index is 1380. The van der Waals surface area contributed by atoms with Gasteiger partial charge in [-0.3, -0.25) is 15.0 Å². The zero-order valence-corrected chi connectivity index (χ0v) is 20.9. The van der Waals surface area contributed by atoms with Gasteiger partial charge in [0, 0.05) is 36.6 Å². The Balaban J connectivity index is 1.74. The van der Waals surface area contributed by atoms with Gasteiger partial charge in [0.05, 0.1) is 5.69 Å². The van der Waals surface area contributed by atoms with Crippen LogP contribution in [0.5, 0.6) is 0 Å². The molecule has 0 spiro atoms. The molecule has 3 unspecified atom stereocenters. The molecule has 0 amide bonds.